The molecule has 0 spiro atoms. The van der Waals surface area contributed by atoms with Gasteiger partial charge in [-0.05, 0) is 68.1 Å². The average molecular weight is 524 g/mol. The minimum atomic E-state index is -3.27. The van der Waals surface area contributed by atoms with Gasteiger partial charge in [-0.2, -0.15) is 0 Å². The number of hydrogen-bond acceptors (Lipinski definition) is 6. The molecule has 27 heavy (non-hydrogen) atoms. The molecular formula is C18H21Br2O6P. The van der Waals surface area contributed by atoms with Crippen molar-refractivity contribution in [1.82, 2.24) is 0 Å². The molecule has 0 amide bonds. The van der Waals surface area contributed by atoms with Crippen LogP contribution >= 0.6 is 39.5 Å². The van der Waals surface area contributed by atoms with Gasteiger partial charge in [-0.3, -0.25) is 4.57 Å². The summed E-state index contributed by atoms with van der Waals surface area (Å²) in [7, 11) is -0.661. The molecule has 0 fully saturated rings. The summed E-state index contributed by atoms with van der Waals surface area (Å²) >= 11 is 6.91. The first kappa shape index (κ1) is 22.2. The fraction of sp³-hybridized carbons (Fsp3) is 0.333. The molecule has 6 nitrogen and oxygen atoms in total. The molecular weight excluding hydrogens is 503 g/mol. The first-order valence-electron chi connectivity index (χ1n) is 8.02. The second kappa shape index (κ2) is 9.43. The molecule has 0 aliphatic carbocycles. The van der Waals surface area contributed by atoms with Crippen LogP contribution in [0.5, 0.6) is 23.0 Å². The van der Waals surface area contributed by atoms with E-state index >= 15 is 0 Å². The predicted molar refractivity (Wildman–Crippen MR) is 111 cm³/mol. The maximum Gasteiger partial charge on any atom is 0.367 e. The van der Waals surface area contributed by atoms with Crippen LogP contribution in [0.1, 0.15) is 25.3 Å². The Morgan fingerprint density at radius 2 is 1.63 bits per heavy atom. The van der Waals surface area contributed by atoms with E-state index in [-0.39, 0.29) is 18.0 Å². The quantitative estimate of drug-likeness (QED) is 0.390. The zero-order valence-electron chi connectivity index (χ0n) is 15.4. The van der Waals surface area contributed by atoms with Gasteiger partial charge >= 0.3 is 7.60 Å². The molecule has 2 aromatic rings. The topological polar surface area (TPSA) is 74.2 Å². The van der Waals surface area contributed by atoms with Gasteiger partial charge < -0.3 is 23.6 Å². The van der Waals surface area contributed by atoms with E-state index in [0.29, 0.717) is 26.2 Å². The van der Waals surface area contributed by atoms with Crippen LogP contribution in [0.15, 0.2) is 39.3 Å². The highest BCUT2D eigenvalue weighted by atomic mass is 79.9. The number of ether oxygens (including phenoxy) is 2. The van der Waals surface area contributed by atoms with E-state index in [0.717, 1.165) is 5.56 Å². The van der Waals surface area contributed by atoms with Crippen LogP contribution < -0.4 is 9.47 Å². The lowest BCUT2D eigenvalue weighted by atomic mass is 10.0. The molecule has 9 heteroatoms. The number of halogens is 2. The zero-order valence-corrected chi connectivity index (χ0v) is 19.4. The number of phenols is 1. The Kier molecular flexibility index (Phi) is 7.77. The van der Waals surface area contributed by atoms with Gasteiger partial charge in [0, 0.05) is 19.8 Å². The Morgan fingerprint density at radius 3 is 2.15 bits per heavy atom. The summed E-state index contributed by atoms with van der Waals surface area (Å²) in [5.41, 5.74) is 0.801. The Bertz CT molecular complexity index is 825. The van der Waals surface area contributed by atoms with E-state index in [4.69, 9.17) is 18.5 Å². The molecule has 148 valence electrons. The van der Waals surface area contributed by atoms with Gasteiger partial charge in [0.15, 0.2) is 12.1 Å². The van der Waals surface area contributed by atoms with Crippen molar-refractivity contribution in [3.8, 4) is 23.0 Å². The summed E-state index contributed by atoms with van der Waals surface area (Å²) in [6.07, 6.45) is -0.213. The van der Waals surface area contributed by atoms with E-state index < -0.39 is 7.60 Å². The van der Waals surface area contributed by atoms with E-state index in [2.05, 4.69) is 31.9 Å². The number of rotatable bonds is 8. The van der Waals surface area contributed by atoms with E-state index in [1.165, 1.54) is 14.2 Å². The molecule has 1 N–H and O–H groups in total. The highest BCUT2D eigenvalue weighted by Crippen LogP contribution is 2.47. The lowest BCUT2D eigenvalue weighted by molar-refractivity contribution is 0.240. The van der Waals surface area contributed by atoms with Crippen LogP contribution in [0.25, 0.3) is 0 Å². The van der Waals surface area contributed by atoms with Crippen LogP contribution in [0.3, 0.4) is 0 Å². The van der Waals surface area contributed by atoms with Crippen molar-refractivity contribution in [2.24, 2.45) is 0 Å². The molecule has 2 rings (SSSR count). The third kappa shape index (κ3) is 5.72. The van der Waals surface area contributed by atoms with Crippen LogP contribution in [-0.2, 0) is 13.6 Å². The molecule has 0 saturated heterocycles. The first-order valence-corrected chi connectivity index (χ1v) is 11.3. The van der Waals surface area contributed by atoms with E-state index in [9.17, 15) is 9.67 Å². The van der Waals surface area contributed by atoms with Crippen molar-refractivity contribution in [2.45, 2.75) is 19.8 Å². The summed E-state index contributed by atoms with van der Waals surface area (Å²) in [5.74, 6) is 2.00. The van der Waals surface area contributed by atoms with Crippen molar-refractivity contribution in [1.29, 1.82) is 0 Å². The van der Waals surface area contributed by atoms with Gasteiger partial charge in [-0.1, -0.05) is 13.8 Å². The second-order valence-electron chi connectivity index (χ2n) is 5.94. The fourth-order valence-electron chi connectivity index (χ4n) is 2.23. The molecule has 0 aliphatic heterocycles. The number of hydrogen-bond donors (Lipinski definition) is 1. The molecule has 0 bridgehead atoms. The molecule has 0 heterocycles. The Labute approximate surface area is 175 Å². The standard InChI is InChI=1S/C18H21Br2O6P/c1-11(2)14-7-12(5-6-17(14)21)26-18-15(19)8-13(9-16(18)20)25-10-27(22,23-3)24-4/h5-9,11,21H,10H2,1-4H3. The number of benzene rings is 2. The van der Waals surface area contributed by atoms with Crippen molar-refractivity contribution < 1.29 is 28.2 Å². The maximum absolute atomic E-state index is 12.1. The lowest BCUT2D eigenvalue weighted by Gasteiger charge is -2.17. The third-order valence-electron chi connectivity index (χ3n) is 3.76. The van der Waals surface area contributed by atoms with E-state index in [1.807, 2.05) is 13.8 Å². The largest absolute Gasteiger partial charge is 0.508 e. The monoisotopic (exact) mass is 522 g/mol. The summed E-state index contributed by atoms with van der Waals surface area (Å²) in [6.45, 7) is 3.99. The Hall–Kier alpha value is -1.05. The second-order valence-corrected chi connectivity index (χ2v) is 9.86. The smallest absolute Gasteiger partial charge is 0.367 e. The average Bonchev–Trinajstić information content (AvgIpc) is 2.63. The summed E-state index contributed by atoms with van der Waals surface area (Å²) < 4.78 is 34.5. The van der Waals surface area contributed by atoms with Crippen molar-refractivity contribution in [3.05, 3.63) is 44.8 Å². The number of aromatic hydroxyl groups is 1. The lowest BCUT2D eigenvalue weighted by Crippen LogP contribution is -2.02. The van der Waals surface area contributed by atoms with Crippen molar-refractivity contribution >= 4 is 39.5 Å². The molecule has 0 aromatic heterocycles. The minimum absolute atomic E-state index is 0.161. The Balaban J connectivity index is 2.22. The van der Waals surface area contributed by atoms with Crippen LogP contribution in [0.2, 0.25) is 0 Å². The predicted octanol–water partition coefficient (Wildman–Crippen LogP) is 6.66. The van der Waals surface area contributed by atoms with Crippen LogP contribution in [0, 0.1) is 0 Å². The fourth-order valence-corrected chi connectivity index (χ4v) is 4.20. The number of phenolic OH excluding ortho intramolecular Hbond substituents is 1. The van der Waals surface area contributed by atoms with Crippen molar-refractivity contribution in [2.75, 3.05) is 20.6 Å². The summed E-state index contributed by atoms with van der Waals surface area (Å²) in [5, 5.41) is 9.95. The summed E-state index contributed by atoms with van der Waals surface area (Å²) in [4.78, 5) is 0. The van der Waals surface area contributed by atoms with Gasteiger partial charge in [0.1, 0.15) is 17.2 Å². The third-order valence-corrected chi connectivity index (χ3v) is 6.49. The Morgan fingerprint density at radius 1 is 1.04 bits per heavy atom. The molecule has 0 saturated carbocycles. The summed E-state index contributed by atoms with van der Waals surface area (Å²) in [6, 6.07) is 8.49. The first-order chi connectivity index (χ1) is 12.7. The molecule has 0 atom stereocenters. The van der Waals surface area contributed by atoms with Gasteiger partial charge in [-0.15, -0.1) is 0 Å². The molecule has 0 unspecified atom stereocenters. The van der Waals surface area contributed by atoms with E-state index in [1.54, 1.807) is 30.3 Å². The van der Waals surface area contributed by atoms with Crippen molar-refractivity contribution in [3.63, 3.8) is 0 Å². The normalized spacial score (nSPS) is 11.7. The SMILES string of the molecule is COP(=O)(COc1cc(Br)c(Oc2ccc(O)c(C(C)C)c2)c(Br)c1)OC. The molecule has 0 aliphatic rings. The molecule has 2 aromatic carbocycles. The van der Waals surface area contributed by atoms with Gasteiger partial charge in [-0.25, -0.2) is 0 Å². The van der Waals surface area contributed by atoms with Gasteiger partial charge in [0.2, 0.25) is 0 Å². The maximum atomic E-state index is 12.1. The molecule has 0 radical (unpaired) electrons. The van der Waals surface area contributed by atoms with Crippen LogP contribution in [-0.4, -0.2) is 25.7 Å². The highest BCUT2D eigenvalue weighted by Gasteiger charge is 2.23. The van der Waals surface area contributed by atoms with Gasteiger partial charge in [0.25, 0.3) is 0 Å². The minimum Gasteiger partial charge on any atom is -0.508 e. The highest BCUT2D eigenvalue weighted by molar-refractivity contribution is 9.11. The van der Waals surface area contributed by atoms with Crippen LogP contribution in [0.4, 0.5) is 0 Å². The van der Waals surface area contributed by atoms with Gasteiger partial charge in [0.05, 0.1) is 8.95 Å². The zero-order chi connectivity index (χ0) is 20.2.